The third-order valence-electron chi connectivity index (χ3n) is 3.11. The van der Waals surface area contributed by atoms with Gasteiger partial charge >= 0.3 is 5.97 Å². The molecule has 21 heavy (non-hydrogen) atoms. The zero-order valence-corrected chi connectivity index (χ0v) is 12.3. The van der Waals surface area contributed by atoms with Gasteiger partial charge in [0, 0.05) is 18.4 Å². The Hall–Kier alpha value is -1.86. The number of amides is 2. The van der Waals surface area contributed by atoms with Gasteiger partial charge in [0.15, 0.2) is 0 Å². The zero-order chi connectivity index (χ0) is 15.4. The molecule has 1 fully saturated rings. The van der Waals surface area contributed by atoms with E-state index in [0.29, 0.717) is 11.5 Å². The Morgan fingerprint density at radius 2 is 2.14 bits per heavy atom. The lowest BCUT2D eigenvalue weighted by Gasteiger charge is -2.14. The minimum Gasteiger partial charge on any atom is -0.478 e. The van der Waals surface area contributed by atoms with Crippen molar-refractivity contribution in [3.8, 4) is 0 Å². The number of imide groups is 1. The molecule has 6 nitrogen and oxygen atoms in total. The summed E-state index contributed by atoms with van der Waals surface area (Å²) in [5.74, 6) is -1.59. The van der Waals surface area contributed by atoms with E-state index in [4.69, 9.17) is 9.84 Å². The van der Waals surface area contributed by atoms with Crippen molar-refractivity contribution in [2.24, 2.45) is 0 Å². The fraction of sp³-hybridized carbons (Fsp3) is 0.357. The summed E-state index contributed by atoms with van der Waals surface area (Å²) >= 11 is 1.12. The van der Waals surface area contributed by atoms with E-state index in [2.05, 4.69) is 0 Å². The number of likely N-dealkylation sites (tertiary alicyclic amines) is 1. The fourth-order valence-electron chi connectivity index (χ4n) is 2.06. The van der Waals surface area contributed by atoms with Crippen molar-refractivity contribution < 1.29 is 24.2 Å². The van der Waals surface area contributed by atoms with Crippen LogP contribution in [0.25, 0.3) is 0 Å². The highest BCUT2D eigenvalue weighted by atomic mass is 32.2. The van der Waals surface area contributed by atoms with Crippen molar-refractivity contribution >= 4 is 29.5 Å². The largest absolute Gasteiger partial charge is 0.478 e. The molecule has 0 bridgehead atoms. The molecule has 0 spiro atoms. The second-order valence-corrected chi connectivity index (χ2v) is 5.73. The van der Waals surface area contributed by atoms with E-state index >= 15 is 0 Å². The van der Waals surface area contributed by atoms with E-state index in [1.54, 1.807) is 18.2 Å². The molecule has 1 saturated heterocycles. The summed E-state index contributed by atoms with van der Waals surface area (Å²) in [6.07, 6.45) is 0.0845. The van der Waals surface area contributed by atoms with Crippen LogP contribution in [0.1, 0.15) is 16.8 Å². The number of nitrogens with zero attached hydrogens (tertiary/aromatic N) is 1. The highest BCUT2D eigenvalue weighted by Crippen LogP contribution is 2.33. The molecule has 1 aliphatic rings. The average molecular weight is 309 g/mol. The van der Waals surface area contributed by atoms with Crippen LogP contribution in [0.15, 0.2) is 29.2 Å². The van der Waals surface area contributed by atoms with Crippen LogP contribution >= 0.6 is 11.8 Å². The van der Waals surface area contributed by atoms with Crippen molar-refractivity contribution in [2.45, 2.75) is 16.6 Å². The topological polar surface area (TPSA) is 83.9 Å². The molecule has 7 heteroatoms. The van der Waals surface area contributed by atoms with Crippen LogP contribution in [0.2, 0.25) is 0 Å². The summed E-state index contributed by atoms with van der Waals surface area (Å²) in [5.41, 5.74) is 0.137. The molecule has 1 heterocycles. The maximum Gasteiger partial charge on any atom is 0.336 e. The quantitative estimate of drug-likeness (QED) is 0.796. The second kappa shape index (κ2) is 6.73. The number of thioether (sulfide) groups is 1. The number of hydrogen-bond acceptors (Lipinski definition) is 5. The minimum atomic E-state index is -1.05. The van der Waals surface area contributed by atoms with E-state index in [0.717, 1.165) is 11.8 Å². The highest BCUT2D eigenvalue weighted by Gasteiger charge is 2.39. The number of hydrogen-bond donors (Lipinski definition) is 1. The monoisotopic (exact) mass is 309 g/mol. The molecule has 0 aliphatic carbocycles. The molecule has 2 rings (SSSR count). The Balaban J connectivity index is 2.13. The predicted molar refractivity (Wildman–Crippen MR) is 76.3 cm³/mol. The Morgan fingerprint density at radius 1 is 1.43 bits per heavy atom. The van der Waals surface area contributed by atoms with Gasteiger partial charge in [0.1, 0.15) is 0 Å². The molecule has 1 aromatic carbocycles. The summed E-state index contributed by atoms with van der Waals surface area (Å²) in [6, 6.07) is 6.46. The predicted octanol–water partition coefficient (Wildman–Crippen LogP) is 1.25. The third-order valence-corrected chi connectivity index (χ3v) is 4.37. The Kier molecular flexibility index (Phi) is 4.98. The first kappa shape index (κ1) is 15.5. The van der Waals surface area contributed by atoms with Crippen LogP contribution in [-0.4, -0.2) is 53.3 Å². The summed E-state index contributed by atoms with van der Waals surface area (Å²) < 4.78 is 4.87. The lowest BCUT2D eigenvalue weighted by Crippen LogP contribution is -2.34. The smallest absolute Gasteiger partial charge is 0.336 e. The van der Waals surface area contributed by atoms with Gasteiger partial charge in [-0.15, -0.1) is 11.8 Å². The average Bonchev–Trinajstić information content (AvgIpc) is 2.72. The third kappa shape index (κ3) is 3.43. The molecule has 1 N–H and O–H groups in total. The number of carboxylic acids is 1. The molecular weight excluding hydrogens is 294 g/mol. The number of rotatable bonds is 6. The highest BCUT2D eigenvalue weighted by molar-refractivity contribution is 8.00. The SMILES string of the molecule is COCCN1C(=O)CC(Sc2ccccc2C(=O)O)C1=O. The number of aromatic carboxylic acids is 1. The van der Waals surface area contributed by atoms with Crippen molar-refractivity contribution in [1.82, 2.24) is 4.90 Å². The molecular formula is C14H15NO5S. The first-order valence-electron chi connectivity index (χ1n) is 6.36. The van der Waals surface area contributed by atoms with Gasteiger partial charge in [-0.05, 0) is 12.1 Å². The molecule has 0 radical (unpaired) electrons. The number of ether oxygens (including phenoxy) is 1. The Bertz CT molecular complexity index is 574. The number of carbonyl (C=O) groups excluding carboxylic acids is 2. The molecule has 1 atom stereocenters. The molecule has 112 valence electrons. The standard InChI is InChI=1S/C14H15NO5S/c1-20-7-6-15-12(16)8-11(13(15)17)21-10-5-3-2-4-9(10)14(18)19/h2-5,11H,6-8H2,1H3,(H,18,19). The first-order chi connectivity index (χ1) is 10.0. The van der Waals surface area contributed by atoms with Crippen molar-refractivity contribution in [2.75, 3.05) is 20.3 Å². The van der Waals surface area contributed by atoms with Crippen molar-refractivity contribution in [3.63, 3.8) is 0 Å². The fourth-order valence-corrected chi connectivity index (χ4v) is 3.26. The lowest BCUT2D eigenvalue weighted by atomic mass is 10.2. The minimum absolute atomic E-state index is 0.0845. The Labute approximate surface area is 126 Å². The zero-order valence-electron chi connectivity index (χ0n) is 11.4. The van der Waals surface area contributed by atoms with Gasteiger partial charge in [0.05, 0.1) is 24.0 Å². The van der Waals surface area contributed by atoms with Gasteiger partial charge in [-0.3, -0.25) is 14.5 Å². The molecule has 0 saturated carbocycles. The van der Waals surface area contributed by atoms with Gasteiger partial charge in [-0.1, -0.05) is 12.1 Å². The Morgan fingerprint density at radius 3 is 2.81 bits per heavy atom. The van der Waals surface area contributed by atoms with Gasteiger partial charge in [-0.25, -0.2) is 4.79 Å². The normalized spacial score (nSPS) is 18.3. The number of carboxylic acid groups (broad SMARTS) is 1. The van der Waals surface area contributed by atoms with Gasteiger partial charge in [0.25, 0.3) is 0 Å². The number of benzene rings is 1. The van der Waals surface area contributed by atoms with Crippen LogP contribution in [0.5, 0.6) is 0 Å². The lowest BCUT2D eigenvalue weighted by molar-refractivity contribution is -0.138. The first-order valence-corrected chi connectivity index (χ1v) is 7.24. The maximum atomic E-state index is 12.2. The summed E-state index contributed by atoms with van der Waals surface area (Å²) in [5, 5.41) is 8.56. The number of methoxy groups -OCH3 is 1. The second-order valence-electron chi connectivity index (χ2n) is 4.49. The van der Waals surface area contributed by atoms with Crippen LogP contribution < -0.4 is 0 Å². The van der Waals surface area contributed by atoms with Crippen LogP contribution in [0, 0.1) is 0 Å². The van der Waals surface area contributed by atoms with Crippen molar-refractivity contribution in [1.29, 1.82) is 0 Å². The molecule has 2 amide bonds. The van der Waals surface area contributed by atoms with Crippen LogP contribution in [0.3, 0.4) is 0 Å². The maximum absolute atomic E-state index is 12.2. The van der Waals surface area contributed by atoms with Crippen LogP contribution in [0.4, 0.5) is 0 Å². The van der Waals surface area contributed by atoms with Crippen LogP contribution in [-0.2, 0) is 14.3 Å². The molecule has 1 aliphatic heterocycles. The van der Waals surface area contributed by atoms with E-state index in [1.807, 2.05) is 0 Å². The van der Waals surface area contributed by atoms with E-state index in [9.17, 15) is 14.4 Å². The summed E-state index contributed by atoms with van der Waals surface area (Å²) in [7, 11) is 1.50. The molecule has 1 aromatic rings. The van der Waals surface area contributed by atoms with E-state index in [1.165, 1.54) is 18.1 Å². The molecule has 1 unspecified atom stereocenters. The summed E-state index contributed by atoms with van der Waals surface area (Å²) in [4.78, 5) is 36.8. The van der Waals surface area contributed by atoms with E-state index in [-0.39, 0.29) is 30.3 Å². The van der Waals surface area contributed by atoms with E-state index < -0.39 is 11.2 Å². The van der Waals surface area contributed by atoms with Gasteiger partial charge in [-0.2, -0.15) is 0 Å². The van der Waals surface area contributed by atoms with Crippen molar-refractivity contribution in [3.05, 3.63) is 29.8 Å². The van der Waals surface area contributed by atoms with Gasteiger partial charge < -0.3 is 9.84 Å². The number of carbonyl (C=O) groups is 3. The molecule has 0 aromatic heterocycles. The summed E-state index contributed by atoms with van der Waals surface area (Å²) in [6.45, 7) is 0.520. The van der Waals surface area contributed by atoms with Gasteiger partial charge in [0.2, 0.25) is 11.8 Å².